The molecule has 2 heterocycles. The van der Waals surface area contributed by atoms with Crippen molar-refractivity contribution in [1.29, 1.82) is 0 Å². The zero-order valence-corrected chi connectivity index (χ0v) is 12.8. The second-order valence-corrected chi connectivity index (χ2v) is 6.89. The first-order valence-electron chi connectivity index (χ1n) is 6.12. The molecule has 1 aliphatic rings. The van der Waals surface area contributed by atoms with Crippen LogP contribution in [0.25, 0.3) is 22.5 Å². The molecule has 102 valence electrons. The van der Waals surface area contributed by atoms with E-state index in [0.29, 0.717) is 36.8 Å². The van der Waals surface area contributed by atoms with Crippen LogP contribution in [0.4, 0.5) is 0 Å². The average Bonchev–Trinajstić information content (AvgIpc) is 2.97. The van der Waals surface area contributed by atoms with Gasteiger partial charge in [0.15, 0.2) is 5.78 Å². The van der Waals surface area contributed by atoms with Crippen molar-refractivity contribution in [1.82, 2.24) is 10.2 Å². The van der Waals surface area contributed by atoms with Gasteiger partial charge in [0.05, 0.1) is 15.6 Å². The van der Waals surface area contributed by atoms with Crippen LogP contribution in [-0.4, -0.2) is 16.0 Å². The second-order valence-electron chi connectivity index (χ2n) is 4.60. The van der Waals surface area contributed by atoms with Crippen molar-refractivity contribution in [3.8, 4) is 22.5 Å². The first-order valence-corrected chi connectivity index (χ1v) is 7.69. The average molecular weight is 333 g/mol. The van der Waals surface area contributed by atoms with Crippen LogP contribution in [0.15, 0.2) is 36.4 Å². The van der Waals surface area contributed by atoms with Gasteiger partial charge in [-0.3, -0.25) is 4.79 Å². The molecule has 0 aliphatic heterocycles. The van der Waals surface area contributed by atoms with E-state index < -0.39 is 0 Å². The number of carbonyl (C=O) groups excluding carboxylic acids is 1. The molecule has 21 heavy (non-hydrogen) atoms. The Balaban J connectivity index is 1.91. The maximum absolute atomic E-state index is 12.4. The number of thiophene rings is 1. The lowest BCUT2D eigenvalue weighted by Crippen LogP contribution is -1.98. The zero-order chi connectivity index (χ0) is 14.6. The van der Waals surface area contributed by atoms with Crippen LogP contribution >= 0.6 is 34.5 Å². The van der Waals surface area contributed by atoms with Gasteiger partial charge in [-0.25, -0.2) is 0 Å². The molecule has 6 heteroatoms. The van der Waals surface area contributed by atoms with Crippen LogP contribution in [0, 0.1) is 0 Å². The molecule has 0 amide bonds. The Labute approximate surface area is 134 Å². The van der Waals surface area contributed by atoms with Crippen molar-refractivity contribution in [3.05, 3.63) is 56.2 Å². The Kier molecular flexibility index (Phi) is 2.85. The summed E-state index contributed by atoms with van der Waals surface area (Å²) < 4.78 is 1.11. The minimum Gasteiger partial charge on any atom is -0.289 e. The van der Waals surface area contributed by atoms with Crippen LogP contribution in [0.5, 0.6) is 0 Å². The number of hydrogen-bond acceptors (Lipinski definition) is 4. The maximum atomic E-state index is 12.4. The Hall–Kier alpha value is -1.75. The summed E-state index contributed by atoms with van der Waals surface area (Å²) in [7, 11) is 0. The van der Waals surface area contributed by atoms with Crippen molar-refractivity contribution in [3.63, 3.8) is 0 Å². The van der Waals surface area contributed by atoms with Crippen LogP contribution in [0.1, 0.15) is 15.9 Å². The number of carbonyl (C=O) groups is 1. The third-order valence-corrected chi connectivity index (χ3v) is 4.89. The van der Waals surface area contributed by atoms with E-state index in [1.54, 1.807) is 18.2 Å². The topological polar surface area (TPSA) is 42.9 Å². The van der Waals surface area contributed by atoms with Crippen molar-refractivity contribution in [2.75, 3.05) is 0 Å². The molecule has 0 fully saturated rings. The lowest BCUT2D eigenvalue weighted by molar-refractivity contribution is 0.104. The fraction of sp³-hybridized carbons (Fsp3) is 0. The number of halogens is 2. The molecule has 2 aromatic heterocycles. The second kappa shape index (κ2) is 4.63. The smallest absolute Gasteiger partial charge is 0.196 e. The molecule has 0 atom stereocenters. The van der Waals surface area contributed by atoms with E-state index >= 15 is 0 Å². The normalized spacial score (nSPS) is 12.4. The minimum atomic E-state index is -0.0331. The highest BCUT2D eigenvalue weighted by Gasteiger charge is 2.29. The van der Waals surface area contributed by atoms with Gasteiger partial charge < -0.3 is 0 Å². The maximum Gasteiger partial charge on any atom is 0.196 e. The van der Waals surface area contributed by atoms with Gasteiger partial charge in [-0.1, -0.05) is 47.5 Å². The molecule has 0 spiro atoms. The van der Waals surface area contributed by atoms with Gasteiger partial charge in [0.25, 0.3) is 0 Å². The molecule has 0 N–H and O–H groups in total. The summed E-state index contributed by atoms with van der Waals surface area (Å²) in [5, 5.41) is 8.40. The third-order valence-electron chi connectivity index (χ3n) is 3.40. The molecule has 0 bridgehead atoms. The van der Waals surface area contributed by atoms with Gasteiger partial charge in [-0.05, 0) is 12.1 Å². The van der Waals surface area contributed by atoms with Gasteiger partial charge in [-0.15, -0.1) is 21.5 Å². The summed E-state index contributed by atoms with van der Waals surface area (Å²) in [4.78, 5) is 12.4. The molecule has 1 aliphatic carbocycles. The molecular weight excluding hydrogens is 327 g/mol. The summed E-state index contributed by atoms with van der Waals surface area (Å²) in [6, 6.07) is 10.9. The van der Waals surface area contributed by atoms with Crippen LogP contribution in [-0.2, 0) is 0 Å². The lowest BCUT2D eigenvalue weighted by Gasteiger charge is -2.01. The fourth-order valence-electron chi connectivity index (χ4n) is 2.44. The fourth-order valence-corrected chi connectivity index (χ4v) is 3.92. The summed E-state index contributed by atoms with van der Waals surface area (Å²) >= 11 is 13.4. The van der Waals surface area contributed by atoms with Crippen molar-refractivity contribution in [2.24, 2.45) is 0 Å². The van der Waals surface area contributed by atoms with Crippen molar-refractivity contribution in [2.45, 2.75) is 0 Å². The number of benzene rings is 1. The summed E-state index contributed by atoms with van der Waals surface area (Å²) in [6.45, 7) is 0. The van der Waals surface area contributed by atoms with Crippen molar-refractivity contribution < 1.29 is 4.79 Å². The van der Waals surface area contributed by atoms with Gasteiger partial charge >= 0.3 is 0 Å². The number of aromatic nitrogens is 2. The molecule has 0 unspecified atom stereocenters. The number of nitrogens with zero attached hydrogens (tertiary/aromatic N) is 2. The van der Waals surface area contributed by atoms with Gasteiger partial charge in [0.2, 0.25) is 0 Å². The third kappa shape index (κ3) is 1.91. The highest BCUT2D eigenvalue weighted by Crippen LogP contribution is 2.40. The Morgan fingerprint density at radius 3 is 2.38 bits per heavy atom. The van der Waals surface area contributed by atoms with Crippen molar-refractivity contribution >= 4 is 40.3 Å². The first kappa shape index (κ1) is 13.0. The van der Waals surface area contributed by atoms with E-state index in [0.717, 1.165) is 5.56 Å². The molecule has 3 aromatic rings. The van der Waals surface area contributed by atoms with E-state index in [4.69, 9.17) is 23.2 Å². The highest BCUT2D eigenvalue weighted by molar-refractivity contribution is 7.20. The Morgan fingerprint density at radius 1 is 0.905 bits per heavy atom. The van der Waals surface area contributed by atoms with E-state index in [9.17, 15) is 4.79 Å². The monoisotopic (exact) mass is 332 g/mol. The van der Waals surface area contributed by atoms with E-state index in [-0.39, 0.29) is 5.78 Å². The molecule has 4 rings (SSSR count). The first-order chi connectivity index (χ1) is 10.1. The molecule has 0 saturated heterocycles. The number of rotatable bonds is 1. The molecule has 0 saturated carbocycles. The Bertz CT molecular complexity index is 904. The predicted molar refractivity (Wildman–Crippen MR) is 84.2 cm³/mol. The quantitative estimate of drug-likeness (QED) is 0.506. The van der Waals surface area contributed by atoms with E-state index in [1.165, 1.54) is 11.3 Å². The summed E-state index contributed by atoms with van der Waals surface area (Å²) in [6.07, 6.45) is 0. The Morgan fingerprint density at radius 2 is 1.67 bits per heavy atom. The predicted octanol–water partition coefficient (Wildman–Crippen LogP) is 4.72. The standard InChI is InChI=1S/C15H6Cl2N2OS/c16-12-6-9(15(17)21-12)11-5-10-13(19-18-11)7-3-1-2-4-8(7)14(10)20/h1-6H. The number of ketones is 1. The molecule has 3 nitrogen and oxygen atoms in total. The molecule has 1 aromatic carbocycles. The number of fused-ring (bicyclic) bond motifs is 3. The van der Waals surface area contributed by atoms with Gasteiger partial charge in [0.1, 0.15) is 10.0 Å². The SMILES string of the molecule is O=C1c2ccccc2-c2nnc(-c3cc(Cl)sc3Cl)cc21. The highest BCUT2D eigenvalue weighted by atomic mass is 35.5. The molecular formula is C15H6Cl2N2OS. The van der Waals surface area contributed by atoms with Crippen LogP contribution in [0.2, 0.25) is 8.67 Å². The lowest BCUT2D eigenvalue weighted by atomic mass is 10.1. The summed E-state index contributed by atoms with van der Waals surface area (Å²) in [5.41, 5.74) is 3.92. The number of hydrogen-bond donors (Lipinski definition) is 0. The molecule has 0 radical (unpaired) electrons. The van der Waals surface area contributed by atoms with Gasteiger partial charge in [-0.2, -0.15) is 0 Å². The van der Waals surface area contributed by atoms with Crippen LogP contribution < -0.4 is 0 Å². The van der Waals surface area contributed by atoms with E-state index in [1.807, 2.05) is 18.2 Å². The van der Waals surface area contributed by atoms with Gasteiger partial charge in [0, 0.05) is 16.7 Å². The van der Waals surface area contributed by atoms with Crippen LogP contribution in [0.3, 0.4) is 0 Å². The largest absolute Gasteiger partial charge is 0.289 e. The van der Waals surface area contributed by atoms with E-state index in [2.05, 4.69) is 10.2 Å². The summed E-state index contributed by atoms with van der Waals surface area (Å²) in [5.74, 6) is -0.0331. The zero-order valence-electron chi connectivity index (χ0n) is 10.4. The minimum absolute atomic E-state index is 0.0331.